The Hall–Kier alpha value is -1.34. The van der Waals surface area contributed by atoms with Gasteiger partial charge in [0.1, 0.15) is 0 Å². The van der Waals surface area contributed by atoms with Crippen LogP contribution in [0.4, 0.5) is 0 Å². The van der Waals surface area contributed by atoms with Crippen molar-refractivity contribution in [3.05, 3.63) is 59.7 Å². The average molecular weight is 504 g/mol. The van der Waals surface area contributed by atoms with E-state index in [1.165, 1.54) is 51.4 Å². The van der Waals surface area contributed by atoms with E-state index in [0.717, 1.165) is 48.6 Å². The number of hydrogen-bond acceptors (Lipinski definition) is 2. The summed E-state index contributed by atoms with van der Waals surface area (Å²) in [6.07, 6.45) is 14.6. The molecule has 0 atom stereocenters. The van der Waals surface area contributed by atoms with Crippen LogP contribution in [0.25, 0.3) is 0 Å². The van der Waals surface area contributed by atoms with Crippen LogP contribution in [0.2, 0.25) is 0 Å². The summed E-state index contributed by atoms with van der Waals surface area (Å²) in [5, 5.41) is 22.9. The van der Waals surface area contributed by atoms with Crippen LogP contribution in [-0.2, 0) is 32.3 Å². The van der Waals surface area contributed by atoms with Crippen molar-refractivity contribution < 1.29 is 29.7 Å². The Balaban J connectivity index is 0.000000602. The van der Waals surface area contributed by atoms with Gasteiger partial charge in [-0.3, -0.25) is 0 Å². The number of unbranched alkanes of at least 4 members (excludes halogenated alkanes) is 6. The predicted molar refractivity (Wildman–Crippen MR) is 135 cm³/mol. The van der Waals surface area contributed by atoms with Crippen LogP contribution in [-0.4, -0.2) is 0 Å². The van der Waals surface area contributed by atoms with Gasteiger partial charge in [-0.25, -0.2) is 0 Å². The summed E-state index contributed by atoms with van der Waals surface area (Å²) in [7, 11) is 0. The van der Waals surface area contributed by atoms with Crippen molar-refractivity contribution in [2.75, 3.05) is 0 Å². The molecule has 0 heterocycles. The Labute approximate surface area is 217 Å². The molecule has 0 radical (unpaired) electrons. The molecule has 0 aliphatic carbocycles. The van der Waals surface area contributed by atoms with E-state index in [-0.39, 0.29) is 31.0 Å². The quantitative estimate of drug-likeness (QED) is 0.195. The molecule has 2 nitrogen and oxygen atoms in total. The summed E-state index contributed by atoms with van der Waals surface area (Å²) in [5.74, 6) is 2.04. The zero-order chi connectivity index (χ0) is 23.6. The van der Waals surface area contributed by atoms with Gasteiger partial charge in [0.25, 0.3) is 0 Å². The molecule has 0 spiro atoms. The van der Waals surface area contributed by atoms with Crippen molar-refractivity contribution >= 4 is 0 Å². The minimum absolute atomic E-state index is 0. The second-order valence-corrected chi connectivity index (χ2v) is 9.91. The second-order valence-electron chi connectivity index (χ2n) is 9.91. The van der Waals surface area contributed by atoms with Crippen LogP contribution in [0.1, 0.15) is 103 Å². The topological polar surface area (TPSA) is 46.1 Å². The van der Waals surface area contributed by atoms with Crippen LogP contribution < -0.4 is 10.2 Å². The van der Waals surface area contributed by atoms with Gasteiger partial charge in [0.05, 0.1) is 0 Å². The first-order chi connectivity index (χ1) is 15.4. The molecule has 33 heavy (non-hydrogen) atoms. The Bertz CT molecular complexity index is 650. The van der Waals surface area contributed by atoms with E-state index in [1.807, 2.05) is 36.4 Å². The van der Waals surface area contributed by atoms with Gasteiger partial charge < -0.3 is 10.2 Å². The molecule has 0 aromatic heterocycles. The number of benzene rings is 2. The van der Waals surface area contributed by atoms with Crippen LogP contribution in [0.5, 0.6) is 11.5 Å². The minimum atomic E-state index is 0. The summed E-state index contributed by atoms with van der Waals surface area (Å²) in [5.41, 5.74) is 1.96. The van der Waals surface area contributed by atoms with Crippen LogP contribution in [0.15, 0.2) is 48.5 Å². The molecule has 180 valence electrons. The minimum Gasteiger partial charge on any atom is -0.872 e. The maximum Gasteiger partial charge on any atom is 2.00 e. The van der Waals surface area contributed by atoms with Crippen molar-refractivity contribution in [3.8, 4) is 11.5 Å². The molecular formula is C30H46O2Zn. The first kappa shape index (κ1) is 31.7. The van der Waals surface area contributed by atoms with Crippen molar-refractivity contribution in [2.24, 2.45) is 11.8 Å². The Kier molecular flexibility index (Phi) is 19.3. The van der Waals surface area contributed by atoms with Crippen LogP contribution in [0.3, 0.4) is 0 Å². The third kappa shape index (κ3) is 16.9. The summed E-state index contributed by atoms with van der Waals surface area (Å²) in [6.45, 7) is 9.09. The van der Waals surface area contributed by atoms with Crippen molar-refractivity contribution in [2.45, 2.75) is 105 Å². The molecule has 0 saturated heterocycles. The summed E-state index contributed by atoms with van der Waals surface area (Å²) in [4.78, 5) is 0. The Morgan fingerprint density at radius 3 is 1.18 bits per heavy atom. The molecule has 2 aromatic carbocycles. The maximum absolute atomic E-state index is 11.4. The third-order valence-electron chi connectivity index (χ3n) is 5.90. The van der Waals surface area contributed by atoms with E-state index >= 15 is 0 Å². The Morgan fingerprint density at radius 1 is 0.515 bits per heavy atom. The summed E-state index contributed by atoms with van der Waals surface area (Å²) >= 11 is 0. The average Bonchev–Trinajstić information content (AvgIpc) is 2.75. The molecule has 2 rings (SSSR count). The van der Waals surface area contributed by atoms with E-state index in [4.69, 9.17) is 0 Å². The van der Waals surface area contributed by atoms with E-state index in [0.29, 0.717) is 0 Å². The zero-order valence-electron chi connectivity index (χ0n) is 21.8. The molecule has 0 aliphatic heterocycles. The van der Waals surface area contributed by atoms with Crippen molar-refractivity contribution in [1.29, 1.82) is 0 Å². The van der Waals surface area contributed by atoms with E-state index in [2.05, 4.69) is 27.7 Å². The number of rotatable bonds is 14. The Morgan fingerprint density at radius 2 is 0.848 bits per heavy atom. The van der Waals surface area contributed by atoms with Gasteiger partial charge in [0, 0.05) is 0 Å². The second kappa shape index (κ2) is 20.1. The fourth-order valence-electron chi connectivity index (χ4n) is 3.86. The van der Waals surface area contributed by atoms with Crippen LogP contribution in [0, 0.1) is 11.8 Å². The summed E-state index contributed by atoms with van der Waals surface area (Å²) in [6, 6.07) is 14.8. The van der Waals surface area contributed by atoms with Gasteiger partial charge in [0.2, 0.25) is 0 Å². The normalized spacial score (nSPS) is 10.6. The third-order valence-corrected chi connectivity index (χ3v) is 5.90. The molecule has 0 N–H and O–H groups in total. The number of aryl methyl sites for hydroxylation is 2. The molecule has 0 saturated carbocycles. The fraction of sp³-hybridized carbons (Fsp3) is 0.600. The van der Waals surface area contributed by atoms with Gasteiger partial charge in [-0.15, -0.1) is 11.5 Å². The van der Waals surface area contributed by atoms with Gasteiger partial charge in [-0.1, -0.05) is 139 Å². The molecule has 3 heteroatoms. The maximum atomic E-state index is 11.4. The largest absolute Gasteiger partial charge is 2.00 e. The monoisotopic (exact) mass is 502 g/mol. The molecular weight excluding hydrogens is 458 g/mol. The molecule has 0 amide bonds. The van der Waals surface area contributed by atoms with Gasteiger partial charge >= 0.3 is 19.5 Å². The first-order valence-electron chi connectivity index (χ1n) is 12.9. The van der Waals surface area contributed by atoms with E-state index < -0.39 is 0 Å². The SMILES string of the molecule is CC(C)CCCCCCc1ccccc1[O-].CC(C)CCCCCCc1ccccc1[O-].[Zn+2]. The molecule has 2 aromatic rings. The molecule has 0 unspecified atom stereocenters. The molecule has 0 fully saturated rings. The van der Waals surface area contributed by atoms with Crippen molar-refractivity contribution in [3.63, 3.8) is 0 Å². The van der Waals surface area contributed by atoms with E-state index in [1.54, 1.807) is 12.1 Å². The van der Waals surface area contributed by atoms with Gasteiger partial charge in [0.15, 0.2) is 0 Å². The predicted octanol–water partition coefficient (Wildman–Crippen LogP) is 7.82. The van der Waals surface area contributed by atoms with Gasteiger partial charge in [-0.05, 0) is 37.5 Å². The zero-order valence-corrected chi connectivity index (χ0v) is 24.7. The standard InChI is InChI=1S/2C15H24O.Zn/c2*1-13(2)9-5-3-4-6-10-14-11-7-8-12-15(14)16;/h2*7-8,11-13,16H,3-6,9-10H2,1-2H3;/q;;+2/p-2. The number of para-hydroxylation sites is 2. The van der Waals surface area contributed by atoms with Crippen LogP contribution >= 0.6 is 0 Å². The van der Waals surface area contributed by atoms with E-state index in [9.17, 15) is 10.2 Å². The first-order valence-corrected chi connectivity index (χ1v) is 12.9. The van der Waals surface area contributed by atoms with Crippen molar-refractivity contribution in [1.82, 2.24) is 0 Å². The molecule has 0 bridgehead atoms. The number of hydrogen-bond donors (Lipinski definition) is 0. The smallest absolute Gasteiger partial charge is 0.872 e. The van der Waals surface area contributed by atoms with Gasteiger partial charge in [-0.2, -0.15) is 0 Å². The fourth-order valence-corrected chi connectivity index (χ4v) is 3.86. The summed E-state index contributed by atoms with van der Waals surface area (Å²) < 4.78 is 0. The molecule has 0 aliphatic rings.